The molecule has 0 radical (unpaired) electrons. The monoisotopic (exact) mass is 57.0 g/mol. The molecule has 0 aliphatic carbocycles. The van der Waals surface area contributed by atoms with Gasteiger partial charge in [-0.3, -0.25) is 0 Å². The van der Waals surface area contributed by atoms with E-state index in [1.54, 1.807) is 7.05 Å². The van der Waals surface area contributed by atoms with Gasteiger partial charge in [0.25, 0.3) is 0 Å². The molecule has 0 aromatic rings. The molecule has 0 aromatic carbocycles. The molecule has 0 unspecified atom stereocenters. The molecule has 0 heterocycles. The summed E-state index contributed by atoms with van der Waals surface area (Å²) >= 11 is 0. The summed E-state index contributed by atoms with van der Waals surface area (Å²) in [5, 5.41) is 2.25. The van der Waals surface area contributed by atoms with Crippen molar-refractivity contribution in [2.75, 3.05) is 7.05 Å². The van der Waals surface area contributed by atoms with Gasteiger partial charge in [-0.1, -0.05) is 0 Å². The third-order valence-corrected chi connectivity index (χ3v) is 0.118. The summed E-state index contributed by atoms with van der Waals surface area (Å²) in [5.41, 5.74) is 0. The van der Waals surface area contributed by atoms with Crippen molar-refractivity contribution in [1.82, 2.24) is 5.23 Å². The Bertz CT molecular complexity index is 22.0. The molecule has 0 rings (SSSR count). The summed E-state index contributed by atoms with van der Waals surface area (Å²) < 4.78 is 9.06. The molecule has 0 fully saturated rings. The average molecular weight is 56.9 g/mol. The van der Waals surface area contributed by atoms with Crippen LogP contribution in [-0.2, 0) is 4.70 Å². The van der Waals surface area contributed by atoms with Crippen molar-refractivity contribution in [2.24, 2.45) is 0 Å². The normalized spacial score (nSPS) is 4.25. The second-order valence-corrected chi connectivity index (χ2v) is 0.407. The van der Waals surface area contributed by atoms with Gasteiger partial charge in [-0.05, 0) is 0 Å². The van der Waals surface area contributed by atoms with E-state index < -0.39 is 0 Å². The summed E-state index contributed by atoms with van der Waals surface area (Å²) in [6, 6.07) is 0. The van der Waals surface area contributed by atoms with E-state index in [4.69, 9.17) is 4.70 Å². The van der Waals surface area contributed by atoms with Crippen LogP contribution in [0.2, 0.25) is 0 Å². The minimum atomic E-state index is 0.625. The van der Waals surface area contributed by atoms with Gasteiger partial charge in [0, 0.05) is 0 Å². The summed E-state index contributed by atoms with van der Waals surface area (Å²) in [5.74, 6) is 0. The molecule has 2 nitrogen and oxygen atoms in total. The molecular formula is CH4BNO. The third kappa shape index (κ3) is 1.66. The number of nitrogens with one attached hydrogen (secondary N) is 1. The molecule has 0 aliphatic heterocycles. The zero-order valence-corrected chi connectivity index (χ0v) is 2.49. The Kier molecular flexibility index (Phi) is 2.44. The summed E-state index contributed by atoms with van der Waals surface area (Å²) in [6.07, 6.45) is 0. The fourth-order valence-electron chi connectivity index (χ4n) is 0. The molecule has 1 N–H and O–H groups in total. The molecular weight excluding hydrogens is 52.8 g/mol. The van der Waals surface area contributed by atoms with E-state index in [1.165, 1.54) is 0 Å². The molecule has 0 amide bonds. The van der Waals surface area contributed by atoms with E-state index in [9.17, 15) is 0 Å². The van der Waals surface area contributed by atoms with Crippen LogP contribution < -0.4 is 5.23 Å². The van der Waals surface area contributed by atoms with Crippen LogP contribution in [-0.4, -0.2) is 14.3 Å². The molecule has 4 heavy (non-hydrogen) atoms. The van der Waals surface area contributed by atoms with Crippen LogP contribution in [0.4, 0.5) is 0 Å². The van der Waals surface area contributed by atoms with Gasteiger partial charge < -0.3 is 0 Å². The van der Waals surface area contributed by atoms with E-state index in [-0.39, 0.29) is 0 Å². The van der Waals surface area contributed by atoms with E-state index in [0.29, 0.717) is 7.28 Å². The van der Waals surface area contributed by atoms with Crippen molar-refractivity contribution >= 4 is 7.28 Å². The maximum atomic E-state index is 9.06. The quantitative estimate of drug-likeness (QED) is 0.398. The Morgan fingerprint density at radius 2 is 2.25 bits per heavy atom. The number of rotatable bonds is 1. The van der Waals surface area contributed by atoms with Gasteiger partial charge in [-0.25, -0.2) is 0 Å². The predicted molar refractivity (Wildman–Crippen MR) is 15.5 cm³/mol. The van der Waals surface area contributed by atoms with E-state index in [0.717, 1.165) is 0 Å². The van der Waals surface area contributed by atoms with Crippen molar-refractivity contribution in [3.8, 4) is 0 Å². The average Bonchev–Trinajstić information content (AvgIpc) is 1.37. The van der Waals surface area contributed by atoms with Crippen LogP contribution >= 0.6 is 0 Å². The predicted octanol–water partition coefficient (Wildman–Crippen LogP) is -0.830. The van der Waals surface area contributed by atoms with Gasteiger partial charge in [0.15, 0.2) is 0 Å². The van der Waals surface area contributed by atoms with Crippen LogP contribution in [0.25, 0.3) is 0 Å². The first-order valence-electron chi connectivity index (χ1n) is 1.02. The van der Waals surface area contributed by atoms with Crippen molar-refractivity contribution in [2.45, 2.75) is 0 Å². The summed E-state index contributed by atoms with van der Waals surface area (Å²) in [7, 11) is 2.19. The van der Waals surface area contributed by atoms with Crippen LogP contribution in [0.15, 0.2) is 0 Å². The molecule has 0 saturated heterocycles. The zero-order chi connectivity index (χ0) is 3.41. The van der Waals surface area contributed by atoms with E-state index >= 15 is 0 Å². The first-order valence-corrected chi connectivity index (χ1v) is 1.02. The Hall–Kier alpha value is -0.335. The maximum absolute atomic E-state index is 9.06. The molecule has 0 spiro atoms. The minimum absolute atomic E-state index is 0.625. The fourth-order valence-corrected chi connectivity index (χ4v) is 0. The van der Waals surface area contributed by atoms with Crippen molar-refractivity contribution < 1.29 is 4.70 Å². The van der Waals surface area contributed by atoms with Gasteiger partial charge >= 0.3 is 24.3 Å². The molecule has 0 aliphatic rings. The number of hydrogen-bond acceptors (Lipinski definition) is 1. The molecule has 0 atom stereocenters. The Balaban J connectivity index is 2.30. The van der Waals surface area contributed by atoms with Gasteiger partial charge in [0.1, 0.15) is 0 Å². The second-order valence-electron chi connectivity index (χ2n) is 0.407. The van der Waals surface area contributed by atoms with E-state index in [1.807, 2.05) is 0 Å². The topological polar surface area (TPSA) is 29.1 Å². The van der Waals surface area contributed by atoms with Gasteiger partial charge in [0.05, 0.1) is 0 Å². The third-order valence-electron chi connectivity index (χ3n) is 0.118. The van der Waals surface area contributed by atoms with Crippen LogP contribution in [0.5, 0.6) is 0 Å². The van der Waals surface area contributed by atoms with Crippen molar-refractivity contribution in [3.63, 3.8) is 0 Å². The summed E-state index contributed by atoms with van der Waals surface area (Å²) in [6.45, 7) is 0. The Morgan fingerprint density at radius 3 is 2.25 bits per heavy atom. The fraction of sp³-hybridized carbons (Fsp3) is 1.00. The summed E-state index contributed by atoms with van der Waals surface area (Å²) in [4.78, 5) is 0. The first kappa shape index (κ1) is 3.66. The van der Waals surface area contributed by atoms with Gasteiger partial charge in [0.2, 0.25) is 0 Å². The molecule has 0 bridgehead atoms. The van der Waals surface area contributed by atoms with Gasteiger partial charge in [-0.15, -0.1) is 0 Å². The SMILES string of the molecule is CNB=O. The van der Waals surface area contributed by atoms with Crippen LogP contribution in [0, 0.1) is 0 Å². The standard InChI is InChI=1S/CH4BNO/c1-3-2-4/h3H,1H3. The molecule has 22 valence electrons. The van der Waals surface area contributed by atoms with Crippen LogP contribution in [0.1, 0.15) is 0 Å². The van der Waals surface area contributed by atoms with Crippen molar-refractivity contribution in [1.29, 1.82) is 0 Å². The van der Waals surface area contributed by atoms with E-state index in [2.05, 4.69) is 5.23 Å². The second kappa shape index (κ2) is 2.66. The van der Waals surface area contributed by atoms with Crippen LogP contribution in [0.3, 0.4) is 0 Å². The van der Waals surface area contributed by atoms with Gasteiger partial charge in [-0.2, -0.15) is 0 Å². The Labute approximate surface area is 25.5 Å². The zero-order valence-electron chi connectivity index (χ0n) is 2.49. The molecule has 3 heteroatoms. The Morgan fingerprint density at radius 1 is 2.00 bits per heavy atom. The molecule has 0 saturated carbocycles. The molecule has 0 aromatic heterocycles. The van der Waals surface area contributed by atoms with Crippen molar-refractivity contribution in [3.05, 3.63) is 0 Å². The number of hydrogen-bond donors (Lipinski definition) is 1. The first-order chi connectivity index (χ1) is 1.91.